The van der Waals surface area contributed by atoms with E-state index in [1.165, 1.54) is 0 Å². The molecule has 1 heterocycles. The number of nitrogen functional groups attached to an aromatic ring is 1. The van der Waals surface area contributed by atoms with Crippen LogP contribution in [-0.4, -0.2) is 12.1 Å². The first kappa shape index (κ1) is 11.5. The summed E-state index contributed by atoms with van der Waals surface area (Å²) in [5.74, 6) is 0.788. The topological polar surface area (TPSA) is 48.1 Å². The van der Waals surface area contributed by atoms with Gasteiger partial charge in [0.05, 0.1) is 18.3 Å². The van der Waals surface area contributed by atoms with Crippen LogP contribution in [0.2, 0.25) is 0 Å². The first-order chi connectivity index (χ1) is 9.28. The minimum atomic E-state index is 0.708. The van der Waals surface area contributed by atoms with Crippen molar-refractivity contribution in [2.24, 2.45) is 0 Å². The van der Waals surface area contributed by atoms with Gasteiger partial charge in [-0.3, -0.25) is 0 Å². The molecule has 3 rings (SSSR count). The van der Waals surface area contributed by atoms with E-state index in [2.05, 4.69) is 4.98 Å². The predicted octanol–water partition coefficient (Wildman–Crippen LogP) is 3.49. The van der Waals surface area contributed by atoms with Gasteiger partial charge in [-0.15, -0.1) is 0 Å². The van der Waals surface area contributed by atoms with E-state index in [1.54, 1.807) is 7.11 Å². The molecule has 0 aliphatic heterocycles. The van der Waals surface area contributed by atoms with Gasteiger partial charge in [0.25, 0.3) is 0 Å². The maximum Gasteiger partial charge on any atom is 0.130 e. The second-order valence-electron chi connectivity index (χ2n) is 4.35. The number of nitrogens with two attached hydrogens (primary N) is 1. The molecule has 0 saturated heterocycles. The van der Waals surface area contributed by atoms with Crippen molar-refractivity contribution in [3.63, 3.8) is 0 Å². The molecule has 1 aromatic heterocycles. The highest BCUT2D eigenvalue weighted by Gasteiger charge is 2.08. The molecule has 19 heavy (non-hydrogen) atoms. The number of anilines is 1. The fourth-order valence-corrected chi connectivity index (χ4v) is 2.14. The normalized spacial score (nSPS) is 10.6. The van der Waals surface area contributed by atoms with Crippen molar-refractivity contribution < 1.29 is 4.74 Å². The SMILES string of the molecule is COc1cc(-c2ccccc2)nc2ccc(N)cc12. The van der Waals surface area contributed by atoms with Crippen molar-refractivity contribution in [2.75, 3.05) is 12.8 Å². The summed E-state index contributed by atoms with van der Waals surface area (Å²) in [5.41, 5.74) is 9.37. The number of methoxy groups -OCH3 is 1. The Morgan fingerprint density at radius 1 is 1.00 bits per heavy atom. The molecule has 3 aromatic rings. The minimum absolute atomic E-state index is 0.708. The number of nitrogens with zero attached hydrogens (tertiary/aromatic N) is 1. The van der Waals surface area contributed by atoms with E-state index in [1.807, 2.05) is 54.6 Å². The van der Waals surface area contributed by atoms with E-state index in [9.17, 15) is 0 Å². The Morgan fingerprint density at radius 3 is 2.53 bits per heavy atom. The van der Waals surface area contributed by atoms with Crippen LogP contribution in [0, 0.1) is 0 Å². The van der Waals surface area contributed by atoms with Crippen LogP contribution in [-0.2, 0) is 0 Å². The molecular weight excluding hydrogens is 236 g/mol. The molecule has 2 aromatic carbocycles. The molecule has 0 bridgehead atoms. The number of pyridine rings is 1. The molecule has 0 spiro atoms. The number of benzene rings is 2. The highest BCUT2D eigenvalue weighted by atomic mass is 16.5. The molecule has 2 N–H and O–H groups in total. The van der Waals surface area contributed by atoms with Gasteiger partial charge in [-0.1, -0.05) is 30.3 Å². The molecule has 3 heteroatoms. The molecular formula is C16H14N2O. The highest BCUT2D eigenvalue weighted by molar-refractivity contribution is 5.90. The maximum atomic E-state index is 5.81. The molecule has 0 aliphatic rings. The lowest BCUT2D eigenvalue weighted by Gasteiger charge is -2.09. The Morgan fingerprint density at radius 2 is 1.79 bits per heavy atom. The Kier molecular flexibility index (Phi) is 2.80. The second kappa shape index (κ2) is 4.61. The molecule has 0 amide bonds. The molecule has 3 nitrogen and oxygen atoms in total. The Balaban J connectivity index is 2.26. The lowest BCUT2D eigenvalue weighted by Crippen LogP contribution is -1.92. The van der Waals surface area contributed by atoms with E-state index >= 15 is 0 Å². The molecule has 94 valence electrons. The van der Waals surface area contributed by atoms with E-state index in [0.717, 1.165) is 27.9 Å². The van der Waals surface area contributed by atoms with Crippen LogP contribution in [0.5, 0.6) is 5.75 Å². The summed E-state index contributed by atoms with van der Waals surface area (Å²) in [4.78, 5) is 4.66. The van der Waals surface area contributed by atoms with Crippen LogP contribution in [0.15, 0.2) is 54.6 Å². The molecule has 0 atom stereocenters. The molecule has 0 saturated carbocycles. The van der Waals surface area contributed by atoms with Crippen LogP contribution < -0.4 is 10.5 Å². The third-order valence-corrected chi connectivity index (χ3v) is 3.08. The van der Waals surface area contributed by atoms with Crippen molar-refractivity contribution in [3.05, 3.63) is 54.6 Å². The van der Waals surface area contributed by atoms with Crippen molar-refractivity contribution >= 4 is 16.6 Å². The largest absolute Gasteiger partial charge is 0.496 e. The third kappa shape index (κ3) is 2.10. The first-order valence-electron chi connectivity index (χ1n) is 6.07. The average Bonchev–Trinajstić information content (AvgIpc) is 2.47. The summed E-state index contributed by atoms with van der Waals surface area (Å²) in [6, 6.07) is 17.6. The number of rotatable bonds is 2. The number of aromatic nitrogens is 1. The van der Waals surface area contributed by atoms with E-state index in [4.69, 9.17) is 10.5 Å². The van der Waals surface area contributed by atoms with Crippen LogP contribution in [0.4, 0.5) is 5.69 Å². The average molecular weight is 250 g/mol. The lowest BCUT2D eigenvalue weighted by molar-refractivity contribution is 0.419. The summed E-state index contributed by atoms with van der Waals surface area (Å²) in [6.45, 7) is 0. The summed E-state index contributed by atoms with van der Waals surface area (Å²) < 4.78 is 5.45. The number of hydrogen-bond donors (Lipinski definition) is 1. The zero-order valence-electron chi connectivity index (χ0n) is 10.6. The van der Waals surface area contributed by atoms with Gasteiger partial charge in [0, 0.05) is 22.7 Å². The molecule has 0 radical (unpaired) electrons. The van der Waals surface area contributed by atoms with Crippen molar-refractivity contribution in [1.29, 1.82) is 0 Å². The standard InChI is InChI=1S/C16H14N2O/c1-19-16-10-15(11-5-3-2-4-6-11)18-14-8-7-12(17)9-13(14)16/h2-10H,17H2,1H3. The summed E-state index contributed by atoms with van der Waals surface area (Å²) in [6.07, 6.45) is 0. The van der Waals surface area contributed by atoms with Crippen molar-refractivity contribution in [2.45, 2.75) is 0 Å². The Hall–Kier alpha value is -2.55. The zero-order chi connectivity index (χ0) is 13.2. The van der Waals surface area contributed by atoms with Gasteiger partial charge in [-0.05, 0) is 18.2 Å². The van der Waals surface area contributed by atoms with Crippen LogP contribution >= 0.6 is 0 Å². The van der Waals surface area contributed by atoms with Crippen LogP contribution in [0.1, 0.15) is 0 Å². The fraction of sp³-hybridized carbons (Fsp3) is 0.0625. The second-order valence-corrected chi connectivity index (χ2v) is 4.35. The van der Waals surface area contributed by atoms with Gasteiger partial charge >= 0.3 is 0 Å². The summed E-state index contributed by atoms with van der Waals surface area (Å²) >= 11 is 0. The number of fused-ring (bicyclic) bond motifs is 1. The van der Waals surface area contributed by atoms with E-state index in [0.29, 0.717) is 5.69 Å². The van der Waals surface area contributed by atoms with E-state index in [-0.39, 0.29) is 0 Å². The molecule has 0 aliphatic carbocycles. The third-order valence-electron chi connectivity index (χ3n) is 3.08. The predicted molar refractivity (Wildman–Crippen MR) is 78.1 cm³/mol. The number of hydrogen-bond acceptors (Lipinski definition) is 3. The van der Waals surface area contributed by atoms with Gasteiger partial charge < -0.3 is 10.5 Å². The maximum absolute atomic E-state index is 5.81. The van der Waals surface area contributed by atoms with Gasteiger partial charge in [0.2, 0.25) is 0 Å². The smallest absolute Gasteiger partial charge is 0.130 e. The summed E-state index contributed by atoms with van der Waals surface area (Å²) in [5, 5.41) is 0.933. The Labute approximate surface area is 111 Å². The van der Waals surface area contributed by atoms with Crippen molar-refractivity contribution in [1.82, 2.24) is 4.98 Å². The molecule has 0 fully saturated rings. The fourth-order valence-electron chi connectivity index (χ4n) is 2.14. The van der Waals surface area contributed by atoms with Gasteiger partial charge in [0.1, 0.15) is 5.75 Å². The van der Waals surface area contributed by atoms with Crippen LogP contribution in [0.25, 0.3) is 22.2 Å². The minimum Gasteiger partial charge on any atom is -0.496 e. The zero-order valence-corrected chi connectivity index (χ0v) is 10.6. The quantitative estimate of drug-likeness (QED) is 0.708. The highest BCUT2D eigenvalue weighted by Crippen LogP contribution is 2.30. The van der Waals surface area contributed by atoms with Crippen molar-refractivity contribution in [3.8, 4) is 17.0 Å². The monoisotopic (exact) mass is 250 g/mol. The lowest BCUT2D eigenvalue weighted by atomic mass is 10.1. The molecule has 0 unspecified atom stereocenters. The number of ether oxygens (including phenoxy) is 1. The van der Waals surface area contributed by atoms with E-state index < -0.39 is 0 Å². The summed E-state index contributed by atoms with van der Waals surface area (Å²) in [7, 11) is 1.66. The van der Waals surface area contributed by atoms with Crippen LogP contribution in [0.3, 0.4) is 0 Å². The first-order valence-corrected chi connectivity index (χ1v) is 6.07. The van der Waals surface area contributed by atoms with Gasteiger partial charge in [-0.25, -0.2) is 4.98 Å². The van der Waals surface area contributed by atoms with Gasteiger partial charge in [-0.2, -0.15) is 0 Å². The van der Waals surface area contributed by atoms with Gasteiger partial charge in [0.15, 0.2) is 0 Å². The Bertz CT molecular complexity index is 723.